The predicted octanol–water partition coefficient (Wildman–Crippen LogP) is 3.69. The summed E-state index contributed by atoms with van der Waals surface area (Å²) in [5.41, 5.74) is 1.30. The van der Waals surface area contributed by atoms with Crippen LogP contribution in [0, 0.1) is 5.41 Å². The van der Waals surface area contributed by atoms with Crippen molar-refractivity contribution in [3.63, 3.8) is 0 Å². The molecule has 3 heteroatoms. The molecule has 1 aromatic heterocycles. The van der Waals surface area contributed by atoms with Crippen LogP contribution < -0.4 is 4.90 Å². The smallest absolute Gasteiger partial charge is 0.132 e. The molecule has 0 amide bonds. The van der Waals surface area contributed by atoms with Gasteiger partial charge in [0.1, 0.15) is 5.82 Å². The molecule has 1 rings (SSSR count). The van der Waals surface area contributed by atoms with E-state index in [1.165, 1.54) is 0 Å². The summed E-state index contributed by atoms with van der Waals surface area (Å²) in [6, 6.07) is 4.36. The number of alkyl halides is 1. The SMILES string of the molecule is CC(N(C)c1ncccc1CCl)C(C)(C)C. The second-order valence-electron chi connectivity index (χ2n) is 5.27. The first kappa shape index (κ1) is 13.3. The molecule has 0 aromatic carbocycles. The van der Waals surface area contributed by atoms with E-state index in [4.69, 9.17) is 11.6 Å². The topological polar surface area (TPSA) is 16.1 Å². The molecule has 0 radical (unpaired) electrons. The van der Waals surface area contributed by atoms with Gasteiger partial charge in [-0.25, -0.2) is 4.98 Å². The maximum absolute atomic E-state index is 5.93. The molecule has 0 spiro atoms. The summed E-state index contributed by atoms with van der Waals surface area (Å²) in [5, 5.41) is 0. The summed E-state index contributed by atoms with van der Waals surface area (Å²) >= 11 is 5.93. The zero-order valence-electron chi connectivity index (χ0n) is 10.8. The van der Waals surface area contributed by atoms with Crippen LogP contribution in [0.2, 0.25) is 0 Å². The summed E-state index contributed by atoms with van der Waals surface area (Å²) in [5.74, 6) is 1.49. The zero-order valence-corrected chi connectivity index (χ0v) is 11.5. The quantitative estimate of drug-likeness (QED) is 0.750. The van der Waals surface area contributed by atoms with E-state index in [0.29, 0.717) is 11.9 Å². The summed E-state index contributed by atoms with van der Waals surface area (Å²) < 4.78 is 0. The average molecular weight is 241 g/mol. The maximum atomic E-state index is 5.93. The van der Waals surface area contributed by atoms with Crippen LogP contribution in [0.25, 0.3) is 0 Å². The number of nitrogens with zero attached hydrogens (tertiary/aromatic N) is 2. The lowest BCUT2D eigenvalue weighted by Crippen LogP contribution is -2.40. The van der Waals surface area contributed by atoms with Crippen LogP contribution in [-0.4, -0.2) is 18.1 Å². The Labute approximate surface area is 104 Å². The van der Waals surface area contributed by atoms with Crippen LogP contribution in [0.3, 0.4) is 0 Å². The van der Waals surface area contributed by atoms with Gasteiger partial charge in [-0.05, 0) is 18.4 Å². The fourth-order valence-electron chi connectivity index (χ4n) is 1.62. The van der Waals surface area contributed by atoms with E-state index in [1.807, 2.05) is 18.3 Å². The van der Waals surface area contributed by atoms with E-state index in [9.17, 15) is 0 Å². The van der Waals surface area contributed by atoms with Crippen molar-refractivity contribution in [3.05, 3.63) is 23.9 Å². The third kappa shape index (κ3) is 2.88. The standard InChI is InChI=1S/C13H21ClN2/c1-10(13(2,3)4)16(5)12-11(9-14)7-6-8-15-12/h6-8,10H,9H2,1-5H3. The van der Waals surface area contributed by atoms with Gasteiger partial charge in [0.15, 0.2) is 0 Å². The normalized spacial score (nSPS) is 13.6. The van der Waals surface area contributed by atoms with Crippen LogP contribution in [0.1, 0.15) is 33.3 Å². The molecule has 0 N–H and O–H groups in total. The minimum Gasteiger partial charge on any atom is -0.356 e. The monoisotopic (exact) mass is 240 g/mol. The fraction of sp³-hybridized carbons (Fsp3) is 0.615. The van der Waals surface area contributed by atoms with Gasteiger partial charge in [-0.3, -0.25) is 0 Å². The number of halogens is 1. The Morgan fingerprint density at radius 3 is 2.56 bits per heavy atom. The van der Waals surface area contributed by atoms with E-state index in [0.717, 1.165) is 11.4 Å². The molecule has 1 heterocycles. The number of rotatable bonds is 3. The fourth-order valence-corrected chi connectivity index (χ4v) is 1.83. The van der Waals surface area contributed by atoms with E-state index in [-0.39, 0.29) is 5.41 Å². The van der Waals surface area contributed by atoms with Gasteiger partial charge in [0, 0.05) is 24.8 Å². The zero-order chi connectivity index (χ0) is 12.3. The van der Waals surface area contributed by atoms with Gasteiger partial charge in [0.05, 0.1) is 5.88 Å². The van der Waals surface area contributed by atoms with Gasteiger partial charge < -0.3 is 4.90 Å². The van der Waals surface area contributed by atoms with Crippen molar-refractivity contribution >= 4 is 17.4 Å². The Morgan fingerprint density at radius 1 is 1.44 bits per heavy atom. The van der Waals surface area contributed by atoms with Crippen LogP contribution in [-0.2, 0) is 5.88 Å². The van der Waals surface area contributed by atoms with Crippen molar-refractivity contribution in [3.8, 4) is 0 Å². The Morgan fingerprint density at radius 2 is 2.06 bits per heavy atom. The molecule has 16 heavy (non-hydrogen) atoms. The molecule has 0 saturated carbocycles. The highest BCUT2D eigenvalue weighted by Gasteiger charge is 2.25. The number of hydrogen-bond donors (Lipinski definition) is 0. The first-order valence-electron chi connectivity index (χ1n) is 5.60. The highest BCUT2D eigenvalue weighted by Crippen LogP contribution is 2.28. The molecule has 0 bridgehead atoms. The van der Waals surface area contributed by atoms with Gasteiger partial charge >= 0.3 is 0 Å². The molecule has 90 valence electrons. The van der Waals surface area contributed by atoms with Crippen molar-refractivity contribution in [2.45, 2.75) is 39.6 Å². The number of hydrogen-bond acceptors (Lipinski definition) is 2. The third-order valence-electron chi connectivity index (χ3n) is 3.18. The Balaban J connectivity index is 3.00. The average Bonchev–Trinajstić information content (AvgIpc) is 2.25. The van der Waals surface area contributed by atoms with E-state index in [1.54, 1.807) is 0 Å². The van der Waals surface area contributed by atoms with Gasteiger partial charge in [-0.15, -0.1) is 11.6 Å². The molecule has 0 aliphatic heterocycles. The van der Waals surface area contributed by atoms with Crippen LogP contribution in [0.4, 0.5) is 5.82 Å². The Hall–Kier alpha value is -0.760. The third-order valence-corrected chi connectivity index (χ3v) is 3.47. The van der Waals surface area contributed by atoms with Crippen LogP contribution in [0.15, 0.2) is 18.3 Å². The number of anilines is 1. The highest BCUT2D eigenvalue weighted by molar-refractivity contribution is 6.17. The lowest BCUT2D eigenvalue weighted by molar-refractivity contribution is 0.328. The predicted molar refractivity (Wildman–Crippen MR) is 71.1 cm³/mol. The second kappa shape index (κ2) is 5.05. The molecule has 1 aromatic rings. The largest absolute Gasteiger partial charge is 0.356 e. The lowest BCUT2D eigenvalue weighted by atomic mass is 9.87. The van der Waals surface area contributed by atoms with Crippen molar-refractivity contribution in [1.82, 2.24) is 4.98 Å². The van der Waals surface area contributed by atoms with Crippen LogP contribution in [0.5, 0.6) is 0 Å². The maximum Gasteiger partial charge on any atom is 0.132 e. The van der Waals surface area contributed by atoms with E-state index >= 15 is 0 Å². The summed E-state index contributed by atoms with van der Waals surface area (Å²) in [6.45, 7) is 8.92. The lowest BCUT2D eigenvalue weighted by Gasteiger charge is -2.36. The van der Waals surface area contributed by atoms with Crippen molar-refractivity contribution in [2.75, 3.05) is 11.9 Å². The van der Waals surface area contributed by atoms with Gasteiger partial charge in [0.25, 0.3) is 0 Å². The minimum absolute atomic E-state index is 0.218. The Bertz CT molecular complexity index is 344. The molecule has 0 saturated heterocycles. The summed E-state index contributed by atoms with van der Waals surface area (Å²) in [6.07, 6.45) is 1.82. The van der Waals surface area contributed by atoms with Crippen LogP contribution >= 0.6 is 11.6 Å². The summed E-state index contributed by atoms with van der Waals surface area (Å²) in [7, 11) is 2.08. The molecule has 2 nitrogen and oxygen atoms in total. The molecular weight excluding hydrogens is 220 g/mol. The van der Waals surface area contributed by atoms with Crippen molar-refractivity contribution in [1.29, 1.82) is 0 Å². The van der Waals surface area contributed by atoms with Gasteiger partial charge in [0.2, 0.25) is 0 Å². The first-order valence-corrected chi connectivity index (χ1v) is 6.14. The van der Waals surface area contributed by atoms with E-state index < -0.39 is 0 Å². The molecule has 0 fully saturated rings. The number of aromatic nitrogens is 1. The van der Waals surface area contributed by atoms with Crippen molar-refractivity contribution in [2.24, 2.45) is 5.41 Å². The number of pyridine rings is 1. The highest BCUT2D eigenvalue weighted by atomic mass is 35.5. The summed E-state index contributed by atoms with van der Waals surface area (Å²) in [4.78, 5) is 6.63. The molecular formula is C13H21ClN2. The minimum atomic E-state index is 0.218. The second-order valence-corrected chi connectivity index (χ2v) is 5.54. The Kier molecular flexibility index (Phi) is 4.20. The van der Waals surface area contributed by atoms with Gasteiger partial charge in [-0.2, -0.15) is 0 Å². The van der Waals surface area contributed by atoms with Crippen molar-refractivity contribution < 1.29 is 0 Å². The molecule has 0 aliphatic carbocycles. The van der Waals surface area contributed by atoms with E-state index in [2.05, 4.69) is 44.6 Å². The molecule has 1 unspecified atom stereocenters. The first-order chi connectivity index (χ1) is 7.38. The van der Waals surface area contributed by atoms with Gasteiger partial charge in [-0.1, -0.05) is 26.8 Å². The molecule has 1 atom stereocenters. The molecule has 0 aliphatic rings.